The highest BCUT2D eigenvalue weighted by Crippen LogP contribution is 2.54. The van der Waals surface area contributed by atoms with Gasteiger partial charge in [0, 0.05) is 11.6 Å². The minimum absolute atomic E-state index is 0.778. The smallest absolute Gasteiger partial charge is 0.0664 e. The van der Waals surface area contributed by atoms with E-state index in [-0.39, 0.29) is 0 Å². The van der Waals surface area contributed by atoms with Crippen LogP contribution in [0.4, 0.5) is 5.69 Å². The Morgan fingerprint density at radius 1 is 1.25 bits per heavy atom. The minimum atomic E-state index is 0.778. The van der Waals surface area contributed by atoms with E-state index in [1.807, 2.05) is 0 Å². The predicted octanol–water partition coefficient (Wildman–Crippen LogP) is 2.90. The molecule has 2 unspecified atom stereocenters. The fourth-order valence-electron chi connectivity index (χ4n) is 2.18. The van der Waals surface area contributed by atoms with E-state index in [0.717, 1.165) is 11.8 Å². The molecule has 0 N–H and O–H groups in total. The van der Waals surface area contributed by atoms with Gasteiger partial charge in [0.25, 0.3) is 0 Å². The maximum absolute atomic E-state index is 4.59. The molecule has 2 aliphatic rings. The summed E-state index contributed by atoms with van der Waals surface area (Å²) < 4.78 is 0. The van der Waals surface area contributed by atoms with Gasteiger partial charge in [0.05, 0.1) is 5.69 Å². The first-order chi connectivity index (χ1) is 5.86. The van der Waals surface area contributed by atoms with Crippen LogP contribution in [0.3, 0.4) is 0 Å². The van der Waals surface area contributed by atoms with Crippen molar-refractivity contribution in [1.29, 1.82) is 0 Å². The Bertz CT molecular complexity index is 365. The van der Waals surface area contributed by atoms with Crippen LogP contribution in [0.5, 0.6) is 0 Å². The van der Waals surface area contributed by atoms with Crippen molar-refractivity contribution in [3.63, 3.8) is 0 Å². The molecule has 0 saturated heterocycles. The third-order valence-corrected chi connectivity index (χ3v) is 2.96. The molecule has 0 spiro atoms. The van der Waals surface area contributed by atoms with Gasteiger partial charge in [-0.05, 0) is 30.9 Å². The van der Waals surface area contributed by atoms with Crippen LogP contribution < -0.4 is 0 Å². The maximum Gasteiger partial charge on any atom is 0.0664 e. The van der Waals surface area contributed by atoms with Gasteiger partial charge >= 0.3 is 0 Å². The largest absolute Gasteiger partial charge is 0.258 e. The predicted molar refractivity (Wildman–Crippen MR) is 50.1 cm³/mol. The minimum Gasteiger partial charge on any atom is -0.258 e. The molecule has 1 aliphatic heterocycles. The summed E-state index contributed by atoms with van der Waals surface area (Å²) in [6.07, 6.45) is 1.33. The molecule has 1 aromatic rings. The summed E-state index contributed by atoms with van der Waals surface area (Å²) in [5.74, 6) is 1.58. The zero-order valence-corrected chi connectivity index (χ0v) is 7.12. The van der Waals surface area contributed by atoms with Crippen molar-refractivity contribution in [1.82, 2.24) is 0 Å². The Labute approximate surface area is 72.1 Å². The first-order valence-corrected chi connectivity index (χ1v) is 4.50. The Morgan fingerprint density at radius 2 is 2.08 bits per heavy atom. The van der Waals surface area contributed by atoms with Crippen LogP contribution in [-0.2, 0) is 0 Å². The van der Waals surface area contributed by atoms with Crippen LogP contribution in [0.1, 0.15) is 24.8 Å². The van der Waals surface area contributed by atoms with E-state index >= 15 is 0 Å². The standard InChI is InChI=1S/C11H11N/c1-7-9-6-10(9)8-4-2-3-5-11(8)12-7/h2-5,9-10H,6H2,1H3. The van der Waals surface area contributed by atoms with Gasteiger partial charge in [-0.15, -0.1) is 0 Å². The SMILES string of the molecule is CC1=Nc2ccccc2C2CC12. The third-order valence-electron chi connectivity index (χ3n) is 2.96. The van der Waals surface area contributed by atoms with Crippen molar-refractivity contribution in [2.75, 3.05) is 0 Å². The monoisotopic (exact) mass is 157 g/mol. The van der Waals surface area contributed by atoms with Gasteiger partial charge in [-0.3, -0.25) is 4.99 Å². The summed E-state index contributed by atoms with van der Waals surface area (Å²) in [5, 5.41) is 0. The molecule has 60 valence electrons. The van der Waals surface area contributed by atoms with Crippen molar-refractivity contribution in [2.45, 2.75) is 19.3 Å². The lowest BCUT2D eigenvalue weighted by atomic mass is 10.0. The topological polar surface area (TPSA) is 12.4 Å². The van der Waals surface area contributed by atoms with E-state index in [9.17, 15) is 0 Å². The Balaban J connectivity index is 2.23. The molecule has 1 heterocycles. The first-order valence-electron chi connectivity index (χ1n) is 4.50. The molecule has 1 heteroatoms. The fraction of sp³-hybridized carbons (Fsp3) is 0.364. The molecule has 1 aromatic carbocycles. The van der Waals surface area contributed by atoms with E-state index in [0.29, 0.717) is 0 Å². The second-order valence-corrected chi connectivity index (χ2v) is 3.76. The Kier molecular flexibility index (Phi) is 1.06. The molecule has 1 fully saturated rings. The molecule has 3 rings (SSSR count). The Hall–Kier alpha value is -1.11. The van der Waals surface area contributed by atoms with E-state index < -0.39 is 0 Å². The summed E-state index contributed by atoms with van der Waals surface area (Å²) in [6, 6.07) is 8.52. The van der Waals surface area contributed by atoms with Gasteiger partial charge in [-0.2, -0.15) is 0 Å². The van der Waals surface area contributed by atoms with Crippen LogP contribution in [0.25, 0.3) is 0 Å². The van der Waals surface area contributed by atoms with Crippen LogP contribution in [-0.4, -0.2) is 5.71 Å². The van der Waals surface area contributed by atoms with Gasteiger partial charge in [-0.25, -0.2) is 0 Å². The van der Waals surface area contributed by atoms with Crippen LogP contribution in [0, 0.1) is 5.92 Å². The summed E-state index contributed by atoms with van der Waals surface area (Å²) in [5.41, 5.74) is 4.00. The highest BCUT2D eigenvalue weighted by Gasteiger charge is 2.43. The van der Waals surface area contributed by atoms with E-state index in [2.05, 4.69) is 36.2 Å². The van der Waals surface area contributed by atoms with Crippen LogP contribution in [0.15, 0.2) is 29.3 Å². The van der Waals surface area contributed by atoms with Crippen molar-refractivity contribution >= 4 is 11.4 Å². The molecule has 2 atom stereocenters. The maximum atomic E-state index is 4.59. The number of benzene rings is 1. The second-order valence-electron chi connectivity index (χ2n) is 3.76. The van der Waals surface area contributed by atoms with Crippen molar-refractivity contribution in [3.8, 4) is 0 Å². The third kappa shape index (κ3) is 0.711. The quantitative estimate of drug-likeness (QED) is 0.549. The molecule has 0 bridgehead atoms. The molecular weight excluding hydrogens is 146 g/mol. The number of para-hydroxylation sites is 1. The van der Waals surface area contributed by atoms with Crippen LogP contribution >= 0.6 is 0 Å². The number of aliphatic imine (C=N–C) groups is 1. The summed E-state index contributed by atoms with van der Waals surface area (Å²) in [7, 11) is 0. The molecule has 1 saturated carbocycles. The molecule has 12 heavy (non-hydrogen) atoms. The first kappa shape index (κ1) is 6.41. The van der Waals surface area contributed by atoms with Crippen molar-refractivity contribution in [3.05, 3.63) is 29.8 Å². The average Bonchev–Trinajstić information content (AvgIpc) is 2.84. The molecule has 0 amide bonds. The van der Waals surface area contributed by atoms with Crippen LogP contribution in [0.2, 0.25) is 0 Å². The summed E-state index contributed by atoms with van der Waals surface area (Å²) in [4.78, 5) is 4.59. The fourth-order valence-corrected chi connectivity index (χ4v) is 2.18. The van der Waals surface area contributed by atoms with E-state index in [1.54, 1.807) is 0 Å². The van der Waals surface area contributed by atoms with E-state index in [4.69, 9.17) is 0 Å². The van der Waals surface area contributed by atoms with Crippen molar-refractivity contribution in [2.24, 2.45) is 10.9 Å². The summed E-state index contributed by atoms with van der Waals surface area (Å²) in [6.45, 7) is 2.15. The lowest BCUT2D eigenvalue weighted by Crippen LogP contribution is -2.01. The number of nitrogens with zero attached hydrogens (tertiary/aromatic N) is 1. The normalized spacial score (nSPS) is 30.2. The molecule has 0 aromatic heterocycles. The number of rotatable bonds is 0. The highest BCUT2D eigenvalue weighted by atomic mass is 14.8. The number of fused-ring (bicyclic) bond motifs is 3. The molecule has 1 nitrogen and oxygen atoms in total. The second kappa shape index (κ2) is 1.98. The average molecular weight is 157 g/mol. The van der Waals surface area contributed by atoms with Crippen molar-refractivity contribution < 1.29 is 0 Å². The van der Waals surface area contributed by atoms with E-state index in [1.165, 1.54) is 23.4 Å². The van der Waals surface area contributed by atoms with Gasteiger partial charge in [-0.1, -0.05) is 18.2 Å². The zero-order valence-electron chi connectivity index (χ0n) is 7.12. The van der Waals surface area contributed by atoms with Gasteiger partial charge in [0.2, 0.25) is 0 Å². The molecular formula is C11H11N. The zero-order chi connectivity index (χ0) is 8.13. The lowest BCUT2D eigenvalue weighted by molar-refractivity contribution is 1.01. The summed E-state index contributed by atoms with van der Waals surface area (Å²) >= 11 is 0. The van der Waals surface area contributed by atoms with Gasteiger partial charge in [0.15, 0.2) is 0 Å². The lowest BCUT2D eigenvalue weighted by Gasteiger charge is -2.11. The highest BCUT2D eigenvalue weighted by molar-refractivity contribution is 5.93. The molecule has 0 radical (unpaired) electrons. The molecule has 1 aliphatic carbocycles. The van der Waals surface area contributed by atoms with Gasteiger partial charge in [0.1, 0.15) is 0 Å². The Morgan fingerprint density at radius 3 is 3.00 bits per heavy atom. The number of hydrogen-bond donors (Lipinski definition) is 0. The van der Waals surface area contributed by atoms with Gasteiger partial charge < -0.3 is 0 Å². The number of hydrogen-bond acceptors (Lipinski definition) is 1.